The van der Waals surface area contributed by atoms with Crippen molar-refractivity contribution in [2.45, 2.75) is 19.3 Å². The second kappa shape index (κ2) is 5.11. The lowest BCUT2D eigenvalue weighted by Crippen LogP contribution is -1.95. The predicted molar refractivity (Wildman–Crippen MR) is 91.3 cm³/mol. The van der Waals surface area contributed by atoms with Gasteiger partial charge in [-0.05, 0) is 48.6 Å². The van der Waals surface area contributed by atoms with Crippen LogP contribution in [0.25, 0.3) is 21.2 Å². The zero-order valence-electron chi connectivity index (χ0n) is 11.7. The van der Waals surface area contributed by atoms with Crippen molar-refractivity contribution in [3.05, 3.63) is 57.4 Å². The van der Waals surface area contributed by atoms with Crippen LogP contribution in [-0.4, -0.2) is 11.1 Å². The van der Waals surface area contributed by atoms with Crippen LogP contribution in [0.1, 0.15) is 27.2 Å². The average Bonchev–Trinajstić information content (AvgIpc) is 3.09. The van der Waals surface area contributed by atoms with Crippen molar-refractivity contribution >= 4 is 39.0 Å². The Labute approximate surface area is 137 Å². The molecule has 2 nitrogen and oxygen atoms in total. The molecule has 0 amide bonds. The number of thiophene rings is 1. The SMILES string of the molecule is O=C(O)c1sc2cc3c(cc2c1-c1ccccc1Cl)CCC3. The first kappa shape index (κ1) is 13.8. The summed E-state index contributed by atoms with van der Waals surface area (Å²) in [4.78, 5) is 12.1. The number of aryl methyl sites for hydroxylation is 2. The predicted octanol–water partition coefficient (Wildman–Crippen LogP) is 5.41. The van der Waals surface area contributed by atoms with Crippen molar-refractivity contribution in [3.63, 3.8) is 0 Å². The molecular weight excluding hydrogens is 316 g/mol. The van der Waals surface area contributed by atoms with Gasteiger partial charge in [0.2, 0.25) is 0 Å². The fraction of sp³-hybridized carbons (Fsp3) is 0.167. The number of halogens is 1. The van der Waals surface area contributed by atoms with Gasteiger partial charge in [0.15, 0.2) is 0 Å². The van der Waals surface area contributed by atoms with Crippen LogP contribution in [0.3, 0.4) is 0 Å². The molecule has 0 saturated heterocycles. The molecule has 110 valence electrons. The van der Waals surface area contributed by atoms with Gasteiger partial charge >= 0.3 is 5.97 Å². The van der Waals surface area contributed by atoms with Gasteiger partial charge < -0.3 is 5.11 Å². The number of hydrogen-bond acceptors (Lipinski definition) is 2. The first-order chi connectivity index (χ1) is 10.6. The van der Waals surface area contributed by atoms with Crippen LogP contribution in [0.15, 0.2) is 36.4 Å². The maximum atomic E-state index is 11.7. The molecule has 3 aromatic rings. The monoisotopic (exact) mass is 328 g/mol. The van der Waals surface area contributed by atoms with Crippen LogP contribution in [0.2, 0.25) is 5.02 Å². The highest BCUT2D eigenvalue weighted by molar-refractivity contribution is 7.21. The van der Waals surface area contributed by atoms with Crippen molar-refractivity contribution in [2.75, 3.05) is 0 Å². The lowest BCUT2D eigenvalue weighted by molar-refractivity contribution is 0.0703. The van der Waals surface area contributed by atoms with E-state index in [0.717, 1.165) is 34.1 Å². The maximum absolute atomic E-state index is 11.7. The standard InChI is InChI=1S/C18H13ClO2S/c19-14-7-2-1-6-12(14)16-13-8-10-4-3-5-11(10)9-15(13)22-17(16)18(20)21/h1-2,6-9H,3-5H2,(H,20,21). The maximum Gasteiger partial charge on any atom is 0.346 e. The van der Waals surface area contributed by atoms with E-state index < -0.39 is 5.97 Å². The van der Waals surface area contributed by atoms with E-state index in [4.69, 9.17) is 11.6 Å². The number of benzene rings is 2. The Balaban J connectivity index is 2.09. The van der Waals surface area contributed by atoms with Gasteiger partial charge in [-0.2, -0.15) is 0 Å². The summed E-state index contributed by atoms with van der Waals surface area (Å²) in [6, 6.07) is 11.8. The summed E-state index contributed by atoms with van der Waals surface area (Å²) in [5, 5.41) is 11.2. The molecule has 0 fully saturated rings. The highest BCUT2D eigenvalue weighted by Crippen LogP contribution is 2.43. The normalized spacial score (nSPS) is 13.5. The molecule has 1 heterocycles. The minimum absolute atomic E-state index is 0.367. The molecule has 1 N–H and O–H groups in total. The molecule has 1 aliphatic rings. The molecule has 0 bridgehead atoms. The first-order valence-electron chi connectivity index (χ1n) is 7.21. The summed E-state index contributed by atoms with van der Waals surface area (Å²) >= 11 is 7.67. The molecule has 22 heavy (non-hydrogen) atoms. The molecule has 0 aliphatic heterocycles. The van der Waals surface area contributed by atoms with Crippen LogP contribution < -0.4 is 0 Å². The van der Waals surface area contributed by atoms with Gasteiger partial charge in [0, 0.05) is 26.2 Å². The Kier molecular flexibility index (Phi) is 3.21. The van der Waals surface area contributed by atoms with Gasteiger partial charge in [-0.15, -0.1) is 11.3 Å². The average molecular weight is 329 g/mol. The number of carboxylic acid groups (broad SMARTS) is 1. The largest absolute Gasteiger partial charge is 0.477 e. The first-order valence-corrected chi connectivity index (χ1v) is 8.41. The minimum atomic E-state index is -0.892. The molecule has 0 atom stereocenters. The van der Waals surface area contributed by atoms with Crippen LogP contribution in [0, 0.1) is 0 Å². The Morgan fingerprint density at radius 1 is 1.14 bits per heavy atom. The molecule has 4 rings (SSSR count). The van der Waals surface area contributed by atoms with Crippen LogP contribution in [0.5, 0.6) is 0 Å². The summed E-state index contributed by atoms with van der Waals surface area (Å²) in [6.45, 7) is 0. The second-order valence-corrected chi connectivity index (χ2v) is 7.02. The van der Waals surface area contributed by atoms with E-state index in [0.29, 0.717) is 9.90 Å². The molecule has 2 aromatic carbocycles. The van der Waals surface area contributed by atoms with Gasteiger partial charge in [0.1, 0.15) is 4.88 Å². The van der Waals surface area contributed by atoms with Crippen LogP contribution in [-0.2, 0) is 12.8 Å². The Bertz CT molecular complexity index is 911. The second-order valence-electron chi connectivity index (χ2n) is 5.56. The fourth-order valence-corrected chi connectivity index (χ4v) is 4.58. The van der Waals surface area contributed by atoms with E-state index in [1.54, 1.807) is 6.07 Å². The smallest absolute Gasteiger partial charge is 0.346 e. The third kappa shape index (κ3) is 2.04. The molecule has 1 aromatic heterocycles. The van der Waals surface area contributed by atoms with E-state index >= 15 is 0 Å². The Morgan fingerprint density at radius 3 is 2.59 bits per heavy atom. The number of carbonyl (C=O) groups is 1. The van der Waals surface area contributed by atoms with E-state index in [-0.39, 0.29) is 0 Å². The Morgan fingerprint density at radius 2 is 1.86 bits per heavy atom. The number of hydrogen-bond donors (Lipinski definition) is 1. The van der Waals surface area contributed by atoms with E-state index in [9.17, 15) is 9.90 Å². The summed E-state index contributed by atoms with van der Waals surface area (Å²) in [6.07, 6.45) is 3.35. The number of carboxylic acids is 1. The lowest BCUT2D eigenvalue weighted by atomic mass is 9.99. The van der Waals surface area contributed by atoms with Crippen molar-refractivity contribution < 1.29 is 9.90 Å². The van der Waals surface area contributed by atoms with E-state index in [1.807, 2.05) is 18.2 Å². The molecule has 0 radical (unpaired) electrons. The molecule has 4 heteroatoms. The van der Waals surface area contributed by atoms with Crippen LogP contribution in [0.4, 0.5) is 0 Å². The zero-order chi connectivity index (χ0) is 15.3. The number of aromatic carboxylic acids is 1. The fourth-order valence-electron chi connectivity index (χ4n) is 3.25. The van der Waals surface area contributed by atoms with Crippen molar-refractivity contribution in [3.8, 4) is 11.1 Å². The lowest BCUT2D eigenvalue weighted by Gasteiger charge is -2.06. The summed E-state index contributed by atoms with van der Waals surface area (Å²) < 4.78 is 1.04. The zero-order valence-corrected chi connectivity index (χ0v) is 13.3. The van der Waals surface area contributed by atoms with Gasteiger partial charge in [0.05, 0.1) is 0 Å². The van der Waals surface area contributed by atoms with E-state index in [1.165, 1.54) is 28.9 Å². The van der Waals surface area contributed by atoms with Gasteiger partial charge in [0.25, 0.3) is 0 Å². The quantitative estimate of drug-likeness (QED) is 0.683. The number of rotatable bonds is 2. The van der Waals surface area contributed by atoms with Crippen LogP contribution >= 0.6 is 22.9 Å². The third-order valence-electron chi connectivity index (χ3n) is 4.24. The van der Waals surface area contributed by atoms with Gasteiger partial charge in [-0.3, -0.25) is 0 Å². The minimum Gasteiger partial charge on any atom is -0.477 e. The van der Waals surface area contributed by atoms with Gasteiger partial charge in [-0.25, -0.2) is 4.79 Å². The molecule has 1 aliphatic carbocycles. The summed E-state index contributed by atoms with van der Waals surface area (Å²) in [5.74, 6) is -0.892. The van der Waals surface area contributed by atoms with Crippen molar-refractivity contribution in [1.29, 1.82) is 0 Å². The molecule has 0 unspecified atom stereocenters. The van der Waals surface area contributed by atoms with Crippen molar-refractivity contribution in [2.24, 2.45) is 0 Å². The topological polar surface area (TPSA) is 37.3 Å². The summed E-state index contributed by atoms with van der Waals surface area (Å²) in [5.41, 5.74) is 4.26. The van der Waals surface area contributed by atoms with Crippen molar-refractivity contribution in [1.82, 2.24) is 0 Å². The Hall–Kier alpha value is -1.84. The third-order valence-corrected chi connectivity index (χ3v) is 5.71. The molecular formula is C18H13ClO2S. The molecule has 0 spiro atoms. The molecule has 0 saturated carbocycles. The van der Waals surface area contributed by atoms with Gasteiger partial charge in [-0.1, -0.05) is 29.8 Å². The van der Waals surface area contributed by atoms with E-state index in [2.05, 4.69) is 12.1 Å². The highest BCUT2D eigenvalue weighted by Gasteiger charge is 2.23. The number of fused-ring (bicyclic) bond motifs is 2. The highest BCUT2D eigenvalue weighted by atomic mass is 35.5. The summed E-state index contributed by atoms with van der Waals surface area (Å²) in [7, 11) is 0.